The number of ketones is 1. The van der Waals surface area contributed by atoms with Gasteiger partial charge in [0, 0.05) is 5.56 Å². The lowest BCUT2D eigenvalue weighted by atomic mass is 10.1. The van der Waals surface area contributed by atoms with Gasteiger partial charge in [-0.05, 0) is 56.9 Å². The van der Waals surface area contributed by atoms with E-state index in [-0.39, 0.29) is 5.78 Å². The molecule has 0 aliphatic rings. The first-order chi connectivity index (χ1) is 9.74. The van der Waals surface area contributed by atoms with Crippen molar-refractivity contribution in [3.05, 3.63) is 42.0 Å². The molecule has 0 saturated carbocycles. The van der Waals surface area contributed by atoms with E-state index in [2.05, 4.69) is 19.1 Å². The number of hydrogen-bond donors (Lipinski definition) is 0. The van der Waals surface area contributed by atoms with Crippen molar-refractivity contribution in [1.82, 2.24) is 0 Å². The van der Waals surface area contributed by atoms with Gasteiger partial charge in [0.05, 0.1) is 6.61 Å². The van der Waals surface area contributed by atoms with E-state index in [1.165, 1.54) is 25.7 Å². The first-order valence-corrected chi connectivity index (χ1v) is 7.63. The van der Waals surface area contributed by atoms with Crippen molar-refractivity contribution in [3.63, 3.8) is 0 Å². The molecule has 0 heterocycles. The summed E-state index contributed by atoms with van der Waals surface area (Å²) >= 11 is 0. The summed E-state index contributed by atoms with van der Waals surface area (Å²) in [5, 5.41) is 0. The zero-order valence-electron chi connectivity index (χ0n) is 12.7. The molecule has 0 aliphatic heterocycles. The van der Waals surface area contributed by atoms with Crippen LogP contribution in [0.15, 0.2) is 36.4 Å². The molecular formula is C18H26O2. The highest BCUT2D eigenvalue weighted by molar-refractivity contribution is 5.94. The number of Topliss-reactive ketones (excluding diaryl/α,β-unsaturated/α-hetero) is 1. The predicted octanol–water partition coefficient (Wildman–Crippen LogP) is 5.18. The topological polar surface area (TPSA) is 26.3 Å². The van der Waals surface area contributed by atoms with Crippen molar-refractivity contribution in [2.75, 3.05) is 6.61 Å². The zero-order chi connectivity index (χ0) is 14.6. The van der Waals surface area contributed by atoms with Crippen molar-refractivity contribution in [2.45, 2.75) is 52.4 Å². The van der Waals surface area contributed by atoms with Crippen LogP contribution < -0.4 is 4.74 Å². The second kappa shape index (κ2) is 10.2. The smallest absolute Gasteiger partial charge is 0.159 e. The molecule has 0 radical (unpaired) electrons. The number of carbonyl (C=O) groups is 1. The Labute approximate surface area is 122 Å². The standard InChI is InChI=1S/C18H26O2/c1-3-4-5-6-7-8-9-10-15-20-18-13-11-17(12-14-18)16(2)19/h4-5,11-14H,3,6-10,15H2,1-2H3/b5-4-. The highest BCUT2D eigenvalue weighted by Gasteiger charge is 1.99. The molecule has 0 amide bonds. The van der Waals surface area contributed by atoms with Gasteiger partial charge >= 0.3 is 0 Å². The van der Waals surface area contributed by atoms with Crippen LogP contribution in [0.25, 0.3) is 0 Å². The van der Waals surface area contributed by atoms with E-state index in [1.807, 2.05) is 24.3 Å². The lowest BCUT2D eigenvalue weighted by Gasteiger charge is -2.06. The fraction of sp³-hybridized carbons (Fsp3) is 0.500. The fourth-order valence-corrected chi connectivity index (χ4v) is 1.98. The Morgan fingerprint density at radius 1 is 1.05 bits per heavy atom. The Kier molecular flexibility index (Phi) is 8.44. The molecular weight excluding hydrogens is 248 g/mol. The number of carbonyl (C=O) groups excluding carboxylic acids is 1. The van der Waals surface area contributed by atoms with Gasteiger partial charge in [-0.15, -0.1) is 0 Å². The fourth-order valence-electron chi connectivity index (χ4n) is 1.98. The Balaban J connectivity index is 2.06. The number of hydrogen-bond acceptors (Lipinski definition) is 2. The molecule has 2 heteroatoms. The number of rotatable bonds is 10. The summed E-state index contributed by atoms with van der Waals surface area (Å²) in [6.45, 7) is 4.49. The average molecular weight is 274 g/mol. The van der Waals surface area contributed by atoms with Crippen LogP contribution in [0.3, 0.4) is 0 Å². The minimum atomic E-state index is 0.0914. The lowest BCUT2D eigenvalue weighted by Crippen LogP contribution is -1.98. The minimum absolute atomic E-state index is 0.0914. The molecule has 0 N–H and O–H groups in total. The van der Waals surface area contributed by atoms with Gasteiger partial charge in [-0.1, -0.05) is 31.9 Å². The summed E-state index contributed by atoms with van der Waals surface area (Å²) in [6.07, 6.45) is 11.7. The van der Waals surface area contributed by atoms with Gasteiger partial charge in [0.15, 0.2) is 5.78 Å². The minimum Gasteiger partial charge on any atom is -0.494 e. The third-order valence-corrected chi connectivity index (χ3v) is 3.20. The highest BCUT2D eigenvalue weighted by Crippen LogP contribution is 2.13. The second-order valence-electron chi connectivity index (χ2n) is 5.01. The largest absolute Gasteiger partial charge is 0.494 e. The number of benzene rings is 1. The summed E-state index contributed by atoms with van der Waals surface area (Å²) in [6, 6.07) is 7.37. The molecule has 0 aliphatic carbocycles. The van der Waals surface area contributed by atoms with Crippen LogP contribution >= 0.6 is 0 Å². The molecule has 1 rings (SSSR count). The molecule has 1 aromatic carbocycles. The van der Waals surface area contributed by atoms with Gasteiger partial charge in [0.25, 0.3) is 0 Å². The van der Waals surface area contributed by atoms with Crippen molar-refractivity contribution in [1.29, 1.82) is 0 Å². The first-order valence-electron chi connectivity index (χ1n) is 7.63. The third kappa shape index (κ3) is 7.13. The van der Waals surface area contributed by atoms with Crippen molar-refractivity contribution >= 4 is 5.78 Å². The van der Waals surface area contributed by atoms with Crippen LogP contribution in [0.4, 0.5) is 0 Å². The van der Waals surface area contributed by atoms with Gasteiger partial charge < -0.3 is 4.74 Å². The van der Waals surface area contributed by atoms with Crippen molar-refractivity contribution < 1.29 is 9.53 Å². The maximum absolute atomic E-state index is 11.1. The van der Waals surface area contributed by atoms with Crippen LogP contribution in [-0.4, -0.2) is 12.4 Å². The van der Waals surface area contributed by atoms with E-state index in [0.717, 1.165) is 30.8 Å². The monoisotopic (exact) mass is 274 g/mol. The highest BCUT2D eigenvalue weighted by atomic mass is 16.5. The Morgan fingerprint density at radius 2 is 1.75 bits per heavy atom. The molecule has 0 aromatic heterocycles. The maximum atomic E-state index is 11.1. The lowest BCUT2D eigenvalue weighted by molar-refractivity contribution is 0.101. The molecule has 110 valence electrons. The molecule has 20 heavy (non-hydrogen) atoms. The summed E-state index contributed by atoms with van der Waals surface area (Å²) in [5.41, 5.74) is 0.734. The van der Waals surface area contributed by atoms with Gasteiger partial charge in [0.1, 0.15) is 5.75 Å². The second-order valence-corrected chi connectivity index (χ2v) is 5.01. The van der Waals surface area contributed by atoms with E-state index in [9.17, 15) is 4.79 Å². The predicted molar refractivity (Wildman–Crippen MR) is 84.5 cm³/mol. The Morgan fingerprint density at radius 3 is 2.40 bits per heavy atom. The van der Waals surface area contributed by atoms with Gasteiger partial charge in [-0.3, -0.25) is 4.79 Å². The molecule has 1 aromatic rings. The zero-order valence-corrected chi connectivity index (χ0v) is 12.7. The van der Waals surface area contributed by atoms with Crippen molar-refractivity contribution in [2.24, 2.45) is 0 Å². The number of unbranched alkanes of at least 4 members (excludes halogenated alkanes) is 4. The molecule has 0 fully saturated rings. The first kappa shape index (κ1) is 16.5. The Hall–Kier alpha value is -1.57. The van der Waals surface area contributed by atoms with Crippen LogP contribution in [0.5, 0.6) is 5.75 Å². The van der Waals surface area contributed by atoms with Gasteiger partial charge in [-0.2, -0.15) is 0 Å². The van der Waals surface area contributed by atoms with Crippen LogP contribution in [0.2, 0.25) is 0 Å². The summed E-state index contributed by atoms with van der Waals surface area (Å²) in [5.74, 6) is 0.939. The quantitative estimate of drug-likeness (QED) is 0.333. The SMILES string of the molecule is CC/C=C\CCCCCCOc1ccc(C(C)=O)cc1. The van der Waals surface area contributed by atoms with Crippen molar-refractivity contribution in [3.8, 4) is 5.75 Å². The molecule has 0 saturated heterocycles. The van der Waals surface area contributed by atoms with E-state index >= 15 is 0 Å². The van der Waals surface area contributed by atoms with Crippen LogP contribution in [0, 0.1) is 0 Å². The number of allylic oxidation sites excluding steroid dienone is 2. The molecule has 0 unspecified atom stereocenters. The van der Waals surface area contributed by atoms with E-state index < -0.39 is 0 Å². The molecule has 0 spiro atoms. The summed E-state index contributed by atoms with van der Waals surface area (Å²) < 4.78 is 5.66. The summed E-state index contributed by atoms with van der Waals surface area (Å²) in [4.78, 5) is 11.1. The van der Waals surface area contributed by atoms with Gasteiger partial charge in [0.2, 0.25) is 0 Å². The normalized spacial score (nSPS) is 10.9. The molecule has 0 bridgehead atoms. The van der Waals surface area contributed by atoms with E-state index in [4.69, 9.17) is 4.74 Å². The van der Waals surface area contributed by atoms with E-state index in [0.29, 0.717) is 0 Å². The van der Waals surface area contributed by atoms with Crippen LogP contribution in [-0.2, 0) is 0 Å². The van der Waals surface area contributed by atoms with Gasteiger partial charge in [-0.25, -0.2) is 0 Å². The maximum Gasteiger partial charge on any atom is 0.159 e. The Bertz CT molecular complexity index is 404. The summed E-state index contributed by atoms with van der Waals surface area (Å²) in [7, 11) is 0. The molecule has 0 atom stereocenters. The average Bonchev–Trinajstić information content (AvgIpc) is 2.46. The van der Waals surface area contributed by atoms with Crippen LogP contribution in [0.1, 0.15) is 62.7 Å². The molecule has 2 nitrogen and oxygen atoms in total. The third-order valence-electron chi connectivity index (χ3n) is 3.20. The number of ether oxygens (including phenoxy) is 1. The van der Waals surface area contributed by atoms with E-state index in [1.54, 1.807) is 6.92 Å².